The third kappa shape index (κ3) is 4.38. The van der Waals surface area contributed by atoms with Gasteiger partial charge in [-0.05, 0) is 11.0 Å². The summed E-state index contributed by atoms with van der Waals surface area (Å²) in [6.45, 7) is 7.47. The van der Waals surface area contributed by atoms with E-state index in [0.717, 1.165) is 12.6 Å². The molecule has 0 unspecified atom stereocenters. The molecule has 1 heterocycles. The number of hydrogen-bond acceptors (Lipinski definition) is 3. The van der Waals surface area contributed by atoms with Gasteiger partial charge in [0, 0.05) is 33.5 Å². The Labute approximate surface area is 117 Å². The van der Waals surface area contributed by atoms with Crippen molar-refractivity contribution in [2.24, 2.45) is 0 Å². The van der Waals surface area contributed by atoms with Crippen LogP contribution in [-0.2, 0) is 25.2 Å². The lowest BCUT2D eigenvalue weighted by atomic mass is 9.88. The zero-order valence-corrected chi connectivity index (χ0v) is 13.9. The highest BCUT2D eigenvalue weighted by atomic mass is 28.4. The van der Waals surface area contributed by atoms with E-state index in [4.69, 9.17) is 13.3 Å². The summed E-state index contributed by atoms with van der Waals surface area (Å²) in [5.41, 5.74) is 1.51. The molecule has 0 spiro atoms. The Balaban J connectivity index is 2.69. The molecule has 0 N–H and O–H groups in total. The maximum atomic E-state index is 5.42. The second kappa shape index (κ2) is 6.61. The van der Waals surface area contributed by atoms with Crippen molar-refractivity contribution in [1.82, 2.24) is 0 Å². The van der Waals surface area contributed by atoms with Gasteiger partial charge in [0.2, 0.25) is 0 Å². The summed E-state index contributed by atoms with van der Waals surface area (Å²) >= 11 is 0. The summed E-state index contributed by atoms with van der Waals surface area (Å²) in [5.74, 6) is 0. The van der Waals surface area contributed by atoms with Crippen LogP contribution in [0.25, 0.3) is 0 Å². The number of pyridine rings is 1. The first kappa shape index (κ1) is 16.3. The largest absolute Gasteiger partial charge is 0.506 e. The molecule has 4 nitrogen and oxygen atoms in total. The van der Waals surface area contributed by atoms with Crippen LogP contribution in [0.5, 0.6) is 0 Å². The molecule has 1 aromatic rings. The first-order chi connectivity index (χ1) is 8.87. The summed E-state index contributed by atoms with van der Waals surface area (Å²) in [4.78, 5) is 0. The lowest BCUT2D eigenvalue weighted by molar-refractivity contribution is -0.694. The first-order valence-corrected chi connectivity index (χ1v) is 8.45. The van der Waals surface area contributed by atoms with Crippen LogP contribution in [0.2, 0.25) is 6.04 Å². The van der Waals surface area contributed by atoms with E-state index in [1.165, 1.54) is 5.56 Å². The smallest absolute Gasteiger partial charge is 0.377 e. The van der Waals surface area contributed by atoms with Crippen LogP contribution in [0.15, 0.2) is 24.5 Å². The van der Waals surface area contributed by atoms with E-state index < -0.39 is 8.80 Å². The van der Waals surface area contributed by atoms with Crippen LogP contribution in [0.4, 0.5) is 0 Å². The maximum absolute atomic E-state index is 5.42. The Morgan fingerprint density at radius 1 is 1.00 bits per heavy atom. The second-order valence-corrected chi connectivity index (χ2v) is 8.71. The fraction of sp³-hybridized carbons (Fsp3) is 0.643. The molecule has 108 valence electrons. The molecule has 0 amide bonds. The standard InChI is InChI=1S/C14H26NO3Si/c1-14(2,3)13-7-9-15(10-8-13)11-12-19(16-4,17-5)18-6/h7-10H,11-12H2,1-6H3/q+1. The van der Waals surface area contributed by atoms with Crippen LogP contribution in [-0.4, -0.2) is 30.1 Å². The summed E-state index contributed by atoms with van der Waals surface area (Å²) in [6.07, 6.45) is 4.20. The van der Waals surface area contributed by atoms with Gasteiger partial charge >= 0.3 is 8.80 Å². The van der Waals surface area contributed by atoms with E-state index in [-0.39, 0.29) is 5.41 Å². The topological polar surface area (TPSA) is 31.6 Å². The molecule has 0 aliphatic rings. The highest BCUT2D eigenvalue weighted by Crippen LogP contribution is 2.20. The van der Waals surface area contributed by atoms with Gasteiger partial charge in [0.05, 0.1) is 6.04 Å². The van der Waals surface area contributed by atoms with Gasteiger partial charge in [-0.15, -0.1) is 0 Å². The second-order valence-electron chi connectivity index (χ2n) is 5.62. The number of rotatable bonds is 6. The molecule has 19 heavy (non-hydrogen) atoms. The molecule has 0 atom stereocenters. The fourth-order valence-electron chi connectivity index (χ4n) is 1.93. The van der Waals surface area contributed by atoms with Crippen molar-refractivity contribution in [2.45, 2.75) is 38.8 Å². The van der Waals surface area contributed by atoms with E-state index in [1.54, 1.807) is 21.3 Å². The number of nitrogens with zero attached hydrogens (tertiary/aromatic N) is 1. The normalized spacial score (nSPS) is 12.7. The third-order valence-corrected chi connectivity index (χ3v) is 6.07. The number of hydrogen-bond donors (Lipinski definition) is 0. The fourth-order valence-corrected chi connectivity index (χ4v) is 3.57. The van der Waals surface area contributed by atoms with Gasteiger partial charge in [-0.3, -0.25) is 0 Å². The summed E-state index contributed by atoms with van der Waals surface area (Å²) in [5, 5.41) is 0. The SMILES string of the molecule is CO[Si](CC[n+]1ccc(C(C)(C)C)cc1)(OC)OC. The van der Waals surface area contributed by atoms with Crippen molar-refractivity contribution in [1.29, 1.82) is 0 Å². The van der Waals surface area contributed by atoms with Gasteiger partial charge in [-0.2, -0.15) is 0 Å². The molecule has 0 saturated carbocycles. The monoisotopic (exact) mass is 284 g/mol. The highest BCUT2D eigenvalue weighted by molar-refractivity contribution is 6.60. The quantitative estimate of drug-likeness (QED) is 0.592. The van der Waals surface area contributed by atoms with E-state index in [1.807, 2.05) is 0 Å². The minimum absolute atomic E-state index is 0.184. The molecule has 0 aliphatic heterocycles. The van der Waals surface area contributed by atoms with Crippen molar-refractivity contribution in [3.8, 4) is 0 Å². The summed E-state index contributed by atoms with van der Waals surface area (Å²) in [6, 6.07) is 5.08. The molecule has 0 fully saturated rings. The van der Waals surface area contributed by atoms with Crippen molar-refractivity contribution in [3.63, 3.8) is 0 Å². The van der Waals surface area contributed by atoms with Crippen molar-refractivity contribution in [3.05, 3.63) is 30.1 Å². The predicted molar refractivity (Wildman–Crippen MR) is 76.9 cm³/mol. The summed E-state index contributed by atoms with van der Waals surface area (Å²) < 4.78 is 18.4. The average molecular weight is 284 g/mol. The van der Waals surface area contributed by atoms with Gasteiger partial charge in [-0.1, -0.05) is 20.8 Å². The molecule has 0 aliphatic carbocycles. The Kier molecular flexibility index (Phi) is 5.67. The number of aromatic nitrogens is 1. The minimum Gasteiger partial charge on any atom is -0.377 e. The number of aryl methyl sites for hydroxylation is 1. The van der Waals surface area contributed by atoms with Gasteiger partial charge < -0.3 is 13.3 Å². The molecule has 1 aromatic heterocycles. The maximum Gasteiger partial charge on any atom is 0.506 e. The van der Waals surface area contributed by atoms with Gasteiger partial charge in [0.15, 0.2) is 18.9 Å². The first-order valence-electron chi connectivity index (χ1n) is 6.52. The molecule has 0 saturated heterocycles. The molecule has 0 radical (unpaired) electrons. The molecular formula is C14H26NO3Si+. The van der Waals surface area contributed by atoms with E-state index in [2.05, 4.69) is 49.9 Å². The molecule has 0 bridgehead atoms. The van der Waals surface area contributed by atoms with Crippen molar-refractivity contribution < 1.29 is 17.8 Å². The van der Waals surface area contributed by atoms with E-state index >= 15 is 0 Å². The van der Waals surface area contributed by atoms with Crippen molar-refractivity contribution in [2.75, 3.05) is 21.3 Å². The van der Waals surface area contributed by atoms with Gasteiger partial charge in [0.25, 0.3) is 0 Å². The molecule has 5 heteroatoms. The zero-order chi connectivity index (χ0) is 14.5. The lowest BCUT2D eigenvalue weighted by Crippen LogP contribution is -2.47. The van der Waals surface area contributed by atoms with Crippen LogP contribution < -0.4 is 4.57 Å². The van der Waals surface area contributed by atoms with Gasteiger partial charge in [0.1, 0.15) is 0 Å². The Morgan fingerprint density at radius 3 is 1.84 bits per heavy atom. The van der Waals surface area contributed by atoms with Crippen LogP contribution in [0, 0.1) is 0 Å². The highest BCUT2D eigenvalue weighted by Gasteiger charge is 2.38. The Hall–Kier alpha value is -0.753. The van der Waals surface area contributed by atoms with Crippen LogP contribution in [0.3, 0.4) is 0 Å². The summed E-state index contributed by atoms with van der Waals surface area (Å²) in [7, 11) is 2.47. The zero-order valence-electron chi connectivity index (χ0n) is 12.9. The van der Waals surface area contributed by atoms with Gasteiger partial charge in [-0.25, -0.2) is 4.57 Å². The molecular weight excluding hydrogens is 258 g/mol. The van der Waals surface area contributed by atoms with E-state index in [0.29, 0.717) is 0 Å². The molecule has 0 aromatic carbocycles. The minimum atomic E-state index is -2.47. The van der Waals surface area contributed by atoms with E-state index in [9.17, 15) is 0 Å². The van der Waals surface area contributed by atoms with Crippen LogP contribution >= 0.6 is 0 Å². The lowest BCUT2D eigenvalue weighted by Gasteiger charge is -2.23. The Bertz CT molecular complexity index is 374. The third-order valence-electron chi connectivity index (χ3n) is 3.37. The van der Waals surface area contributed by atoms with Crippen LogP contribution in [0.1, 0.15) is 26.3 Å². The average Bonchev–Trinajstić information content (AvgIpc) is 2.40. The predicted octanol–water partition coefficient (Wildman–Crippen LogP) is 2.15. The Morgan fingerprint density at radius 2 is 1.47 bits per heavy atom. The molecule has 1 rings (SSSR count). The van der Waals surface area contributed by atoms with Crippen molar-refractivity contribution >= 4 is 8.80 Å².